The van der Waals surface area contributed by atoms with Crippen LogP contribution in [0.25, 0.3) is 10.2 Å². The third-order valence-corrected chi connectivity index (χ3v) is 4.66. The number of aromatic nitrogens is 2. The van der Waals surface area contributed by atoms with Crippen molar-refractivity contribution in [1.82, 2.24) is 15.1 Å². The highest BCUT2D eigenvalue weighted by Crippen LogP contribution is 2.28. The number of amides is 1. The van der Waals surface area contributed by atoms with Crippen LogP contribution >= 0.6 is 11.3 Å². The van der Waals surface area contributed by atoms with Crippen LogP contribution in [-0.2, 0) is 7.05 Å². The van der Waals surface area contributed by atoms with Crippen LogP contribution in [0, 0.1) is 13.8 Å². The van der Waals surface area contributed by atoms with E-state index >= 15 is 0 Å². The summed E-state index contributed by atoms with van der Waals surface area (Å²) in [5, 5.41) is 8.34. The monoisotopic (exact) mass is 303 g/mol. The molecule has 1 N–H and O–H groups in total. The highest BCUT2D eigenvalue weighted by atomic mass is 32.1. The number of aryl methyl sites for hydroxylation is 3. The Labute approximate surface area is 126 Å². The third kappa shape index (κ3) is 2.47. The van der Waals surface area contributed by atoms with Gasteiger partial charge in [0.05, 0.1) is 16.6 Å². The number of fused-ring (bicyclic) bond motifs is 1. The molecule has 1 atom stereocenters. The van der Waals surface area contributed by atoms with E-state index in [1.54, 1.807) is 0 Å². The molecule has 3 aromatic heterocycles. The Balaban J connectivity index is 1.82. The van der Waals surface area contributed by atoms with Crippen molar-refractivity contribution in [2.45, 2.75) is 26.8 Å². The van der Waals surface area contributed by atoms with Gasteiger partial charge in [0.15, 0.2) is 0 Å². The van der Waals surface area contributed by atoms with Gasteiger partial charge >= 0.3 is 0 Å². The van der Waals surface area contributed by atoms with Gasteiger partial charge in [-0.1, -0.05) is 0 Å². The lowest BCUT2D eigenvalue weighted by Gasteiger charge is -2.10. The number of rotatable bonds is 3. The first-order valence-corrected chi connectivity index (χ1v) is 7.57. The zero-order valence-corrected chi connectivity index (χ0v) is 13.2. The van der Waals surface area contributed by atoms with Crippen molar-refractivity contribution in [3.8, 4) is 0 Å². The molecule has 21 heavy (non-hydrogen) atoms. The van der Waals surface area contributed by atoms with E-state index in [-0.39, 0.29) is 11.9 Å². The van der Waals surface area contributed by atoms with Crippen LogP contribution in [0.1, 0.15) is 39.9 Å². The maximum absolute atomic E-state index is 12.4. The molecule has 6 heteroatoms. The van der Waals surface area contributed by atoms with E-state index in [0.29, 0.717) is 4.88 Å². The van der Waals surface area contributed by atoms with Gasteiger partial charge in [0.25, 0.3) is 5.91 Å². The molecule has 3 aromatic rings. The lowest BCUT2D eigenvalue weighted by Crippen LogP contribution is -2.25. The second kappa shape index (κ2) is 5.04. The summed E-state index contributed by atoms with van der Waals surface area (Å²) < 4.78 is 7.35. The molecule has 0 saturated heterocycles. The van der Waals surface area contributed by atoms with Crippen molar-refractivity contribution in [3.63, 3.8) is 0 Å². The van der Waals surface area contributed by atoms with Gasteiger partial charge in [0.2, 0.25) is 0 Å². The topological polar surface area (TPSA) is 60.1 Å². The summed E-state index contributed by atoms with van der Waals surface area (Å²) in [6.07, 6.45) is 0. The van der Waals surface area contributed by atoms with Crippen LogP contribution in [0.4, 0.5) is 0 Å². The van der Waals surface area contributed by atoms with Crippen molar-refractivity contribution < 1.29 is 9.21 Å². The van der Waals surface area contributed by atoms with E-state index in [2.05, 4.69) is 10.4 Å². The molecule has 1 amide bonds. The summed E-state index contributed by atoms with van der Waals surface area (Å²) in [6.45, 7) is 5.75. The van der Waals surface area contributed by atoms with E-state index in [1.807, 2.05) is 50.7 Å². The number of thiophene rings is 1. The average molecular weight is 303 g/mol. The van der Waals surface area contributed by atoms with E-state index in [4.69, 9.17) is 4.42 Å². The molecule has 3 rings (SSSR count). The number of furan rings is 1. The number of nitrogens with one attached hydrogen (secondary N) is 1. The van der Waals surface area contributed by atoms with Gasteiger partial charge in [-0.3, -0.25) is 9.48 Å². The van der Waals surface area contributed by atoms with E-state index in [9.17, 15) is 4.79 Å². The molecule has 0 aliphatic rings. The van der Waals surface area contributed by atoms with Crippen molar-refractivity contribution in [1.29, 1.82) is 0 Å². The Kier molecular flexibility index (Phi) is 3.33. The Hall–Kier alpha value is -2.08. The van der Waals surface area contributed by atoms with Crippen molar-refractivity contribution in [2.75, 3.05) is 0 Å². The van der Waals surface area contributed by atoms with E-state index in [0.717, 1.165) is 27.4 Å². The van der Waals surface area contributed by atoms with Gasteiger partial charge in [0, 0.05) is 12.4 Å². The summed E-state index contributed by atoms with van der Waals surface area (Å²) in [6, 6.07) is 5.53. The number of hydrogen-bond acceptors (Lipinski definition) is 4. The molecular formula is C15H17N3O2S. The molecule has 0 saturated carbocycles. The van der Waals surface area contributed by atoms with Gasteiger partial charge in [-0.05, 0) is 39.0 Å². The SMILES string of the molecule is Cc1ccc(C(C)NC(=O)c2cc3c(C)nn(C)c3s2)o1. The largest absolute Gasteiger partial charge is 0.464 e. The minimum Gasteiger partial charge on any atom is -0.464 e. The fourth-order valence-electron chi connectivity index (χ4n) is 2.34. The lowest BCUT2D eigenvalue weighted by molar-refractivity contribution is 0.0939. The van der Waals surface area contributed by atoms with Crippen LogP contribution in [0.5, 0.6) is 0 Å². The van der Waals surface area contributed by atoms with Crippen LogP contribution in [0.15, 0.2) is 22.6 Å². The Morgan fingerprint density at radius 3 is 2.81 bits per heavy atom. The number of carbonyl (C=O) groups excluding carboxylic acids is 1. The molecule has 3 heterocycles. The summed E-state index contributed by atoms with van der Waals surface area (Å²) >= 11 is 1.45. The maximum atomic E-state index is 12.4. The molecule has 1 unspecified atom stereocenters. The van der Waals surface area contributed by atoms with Gasteiger partial charge in [0.1, 0.15) is 16.4 Å². The van der Waals surface area contributed by atoms with Crippen LogP contribution in [-0.4, -0.2) is 15.7 Å². The van der Waals surface area contributed by atoms with E-state index < -0.39 is 0 Å². The molecule has 110 valence electrons. The summed E-state index contributed by atoms with van der Waals surface area (Å²) in [5.41, 5.74) is 0.942. The zero-order valence-electron chi connectivity index (χ0n) is 12.4. The Morgan fingerprint density at radius 2 is 2.19 bits per heavy atom. The molecule has 5 nitrogen and oxygen atoms in total. The second-order valence-corrected chi connectivity index (χ2v) is 6.21. The standard InChI is InChI=1S/C15H17N3O2S/c1-8-5-6-12(20-8)10(3)16-14(19)13-7-11-9(2)17-18(4)15(11)21-13/h5-7,10H,1-4H3,(H,16,19). The highest BCUT2D eigenvalue weighted by molar-refractivity contribution is 7.20. The quantitative estimate of drug-likeness (QED) is 0.807. The average Bonchev–Trinajstić information content (AvgIpc) is 3.09. The first kappa shape index (κ1) is 13.9. The fraction of sp³-hybridized carbons (Fsp3) is 0.333. The minimum absolute atomic E-state index is 0.0860. The first-order valence-electron chi connectivity index (χ1n) is 6.76. The number of carbonyl (C=O) groups is 1. The van der Waals surface area contributed by atoms with Gasteiger partial charge in [-0.2, -0.15) is 5.10 Å². The molecular weight excluding hydrogens is 286 g/mol. The molecule has 0 bridgehead atoms. The van der Waals surface area contributed by atoms with Gasteiger partial charge < -0.3 is 9.73 Å². The molecule has 0 spiro atoms. The second-order valence-electron chi connectivity index (χ2n) is 5.18. The predicted octanol–water partition coefficient (Wildman–Crippen LogP) is 3.34. The molecule has 0 aliphatic heterocycles. The molecule has 0 aromatic carbocycles. The minimum atomic E-state index is -0.157. The normalized spacial score (nSPS) is 12.8. The van der Waals surface area contributed by atoms with Crippen molar-refractivity contribution in [3.05, 3.63) is 40.3 Å². The summed E-state index contributed by atoms with van der Waals surface area (Å²) in [5.74, 6) is 1.52. The number of nitrogens with zero attached hydrogens (tertiary/aromatic N) is 2. The Morgan fingerprint density at radius 1 is 1.43 bits per heavy atom. The van der Waals surface area contributed by atoms with Crippen LogP contribution in [0.3, 0.4) is 0 Å². The Bertz CT molecular complexity index is 778. The van der Waals surface area contributed by atoms with Crippen molar-refractivity contribution in [2.24, 2.45) is 7.05 Å². The van der Waals surface area contributed by atoms with Crippen molar-refractivity contribution >= 4 is 27.5 Å². The van der Waals surface area contributed by atoms with E-state index in [1.165, 1.54) is 11.3 Å². The third-order valence-electron chi connectivity index (χ3n) is 3.46. The molecule has 0 aliphatic carbocycles. The summed E-state index contributed by atoms with van der Waals surface area (Å²) in [4.78, 5) is 14.1. The lowest BCUT2D eigenvalue weighted by atomic mass is 10.2. The first-order chi connectivity index (χ1) is 9.95. The summed E-state index contributed by atoms with van der Waals surface area (Å²) in [7, 11) is 1.89. The predicted molar refractivity (Wildman–Crippen MR) is 82.7 cm³/mol. The molecule has 0 radical (unpaired) electrons. The number of hydrogen-bond donors (Lipinski definition) is 1. The highest BCUT2D eigenvalue weighted by Gasteiger charge is 2.18. The molecule has 0 fully saturated rings. The van der Waals surface area contributed by atoms with Gasteiger partial charge in [-0.25, -0.2) is 0 Å². The fourth-order valence-corrected chi connectivity index (χ4v) is 3.37. The van der Waals surface area contributed by atoms with Gasteiger partial charge in [-0.15, -0.1) is 11.3 Å². The zero-order chi connectivity index (χ0) is 15.1. The van der Waals surface area contributed by atoms with Crippen LogP contribution in [0.2, 0.25) is 0 Å². The maximum Gasteiger partial charge on any atom is 0.262 e. The van der Waals surface area contributed by atoms with Crippen LogP contribution < -0.4 is 5.32 Å². The smallest absolute Gasteiger partial charge is 0.262 e.